The van der Waals surface area contributed by atoms with Crippen molar-refractivity contribution in [1.82, 2.24) is 5.32 Å². The lowest BCUT2D eigenvalue weighted by atomic mass is 9.85. The van der Waals surface area contributed by atoms with Gasteiger partial charge in [0.1, 0.15) is 0 Å². The van der Waals surface area contributed by atoms with Gasteiger partial charge in [-0.25, -0.2) is 0 Å². The monoisotopic (exact) mass is 287 g/mol. The van der Waals surface area contributed by atoms with E-state index in [4.69, 9.17) is 4.74 Å². The lowest BCUT2D eigenvalue weighted by molar-refractivity contribution is 0.0243. The normalized spacial score (nSPS) is 25.1. The van der Waals surface area contributed by atoms with Crippen LogP contribution in [0.5, 0.6) is 0 Å². The summed E-state index contributed by atoms with van der Waals surface area (Å²) < 4.78 is 6.12. The Morgan fingerprint density at radius 3 is 2.67 bits per heavy atom. The average molecular weight is 287 g/mol. The molecule has 1 aromatic rings. The molecule has 1 saturated carbocycles. The summed E-state index contributed by atoms with van der Waals surface area (Å²) in [7, 11) is 2.13. The van der Waals surface area contributed by atoms with Crippen LogP contribution in [-0.4, -0.2) is 19.7 Å². The van der Waals surface area contributed by atoms with Gasteiger partial charge in [0.25, 0.3) is 0 Å². The maximum Gasteiger partial charge on any atom is 0.0842 e. The van der Waals surface area contributed by atoms with E-state index in [1.165, 1.54) is 49.7 Å². The molecule has 0 spiro atoms. The second kappa shape index (κ2) is 7.42. The van der Waals surface area contributed by atoms with Crippen molar-refractivity contribution >= 4 is 0 Å². The minimum Gasteiger partial charge on any atom is -0.373 e. The first kappa shape index (κ1) is 15.1. The topological polar surface area (TPSA) is 21.3 Å². The van der Waals surface area contributed by atoms with E-state index >= 15 is 0 Å². The van der Waals surface area contributed by atoms with E-state index < -0.39 is 0 Å². The van der Waals surface area contributed by atoms with Crippen molar-refractivity contribution in [2.75, 3.05) is 13.7 Å². The molecule has 21 heavy (non-hydrogen) atoms. The number of hydrogen-bond donors (Lipinski definition) is 1. The van der Waals surface area contributed by atoms with Gasteiger partial charge in [0.15, 0.2) is 0 Å². The molecule has 0 bridgehead atoms. The Labute approximate surface area is 129 Å². The van der Waals surface area contributed by atoms with Gasteiger partial charge in [-0.2, -0.15) is 0 Å². The van der Waals surface area contributed by atoms with E-state index in [-0.39, 0.29) is 6.10 Å². The molecule has 0 radical (unpaired) electrons. The summed E-state index contributed by atoms with van der Waals surface area (Å²) in [6.07, 6.45) is 10.9. The Kier molecular flexibility index (Phi) is 5.32. The van der Waals surface area contributed by atoms with Crippen LogP contribution in [0.4, 0.5) is 0 Å². The largest absolute Gasteiger partial charge is 0.373 e. The first-order valence-electron chi connectivity index (χ1n) is 8.75. The molecule has 1 aromatic carbocycles. The summed E-state index contributed by atoms with van der Waals surface area (Å²) in [6.45, 7) is 0.878. The minimum absolute atomic E-state index is 0.288. The van der Waals surface area contributed by atoms with E-state index in [0.717, 1.165) is 25.4 Å². The molecule has 1 aliphatic carbocycles. The van der Waals surface area contributed by atoms with Crippen molar-refractivity contribution in [3.63, 3.8) is 0 Å². The lowest BCUT2D eigenvalue weighted by Crippen LogP contribution is -2.36. The van der Waals surface area contributed by atoms with Gasteiger partial charge in [0.05, 0.1) is 12.7 Å². The summed E-state index contributed by atoms with van der Waals surface area (Å²) in [5.41, 5.74) is 2.92. The predicted octanol–water partition coefficient (Wildman–Crippen LogP) is 4.25. The van der Waals surface area contributed by atoms with E-state index in [9.17, 15) is 0 Å². The van der Waals surface area contributed by atoms with Crippen molar-refractivity contribution < 1.29 is 4.74 Å². The first-order chi connectivity index (χ1) is 10.4. The highest BCUT2D eigenvalue weighted by Gasteiger charge is 2.28. The van der Waals surface area contributed by atoms with Gasteiger partial charge < -0.3 is 10.1 Å². The molecule has 2 aliphatic rings. The van der Waals surface area contributed by atoms with Crippen LogP contribution in [0.2, 0.25) is 0 Å². The summed E-state index contributed by atoms with van der Waals surface area (Å²) in [4.78, 5) is 0. The second-order valence-corrected chi connectivity index (χ2v) is 6.69. The predicted molar refractivity (Wildman–Crippen MR) is 87.5 cm³/mol. The van der Waals surface area contributed by atoms with Crippen LogP contribution >= 0.6 is 0 Å². The molecule has 1 heterocycles. The Morgan fingerprint density at radius 1 is 1.14 bits per heavy atom. The highest BCUT2D eigenvalue weighted by Crippen LogP contribution is 2.34. The van der Waals surface area contributed by atoms with Crippen molar-refractivity contribution in [3.05, 3.63) is 35.4 Å². The lowest BCUT2D eigenvalue weighted by Gasteiger charge is -2.32. The highest BCUT2D eigenvalue weighted by molar-refractivity contribution is 5.31. The zero-order valence-electron chi connectivity index (χ0n) is 13.3. The van der Waals surface area contributed by atoms with Crippen LogP contribution in [-0.2, 0) is 11.2 Å². The number of ether oxygens (including phenoxy) is 1. The van der Waals surface area contributed by atoms with Crippen LogP contribution in [0.15, 0.2) is 24.3 Å². The molecule has 2 nitrogen and oxygen atoms in total. The Bertz CT molecular complexity index is 437. The Hall–Kier alpha value is -0.860. The van der Waals surface area contributed by atoms with Crippen molar-refractivity contribution in [3.8, 4) is 0 Å². The molecule has 0 aromatic heterocycles. The quantitative estimate of drug-likeness (QED) is 0.836. The third-order valence-electron chi connectivity index (χ3n) is 5.40. The Balaban J connectivity index is 1.69. The van der Waals surface area contributed by atoms with Crippen molar-refractivity contribution in [2.45, 2.75) is 63.5 Å². The molecule has 1 fully saturated rings. The van der Waals surface area contributed by atoms with Gasteiger partial charge in [-0.3, -0.25) is 0 Å². The maximum atomic E-state index is 6.12. The summed E-state index contributed by atoms with van der Waals surface area (Å²) in [6, 6.07) is 9.44. The smallest absolute Gasteiger partial charge is 0.0842 e. The summed E-state index contributed by atoms with van der Waals surface area (Å²) in [5.74, 6) is 0.829. The second-order valence-electron chi connectivity index (χ2n) is 6.69. The van der Waals surface area contributed by atoms with E-state index in [0.29, 0.717) is 6.04 Å². The molecular weight excluding hydrogens is 258 g/mol. The van der Waals surface area contributed by atoms with Crippen LogP contribution < -0.4 is 5.32 Å². The number of benzene rings is 1. The molecule has 0 amide bonds. The third kappa shape index (κ3) is 3.67. The number of hydrogen-bond acceptors (Lipinski definition) is 2. The van der Waals surface area contributed by atoms with Crippen LogP contribution in [0, 0.1) is 5.92 Å². The summed E-state index contributed by atoms with van der Waals surface area (Å²) >= 11 is 0. The van der Waals surface area contributed by atoms with Gasteiger partial charge in [0.2, 0.25) is 0 Å². The standard InChI is InChI=1S/C19H29NO/c1-20-18(16-9-4-2-3-5-10-16)14-19-17-11-7-6-8-15(17)12-13-21-19/h6-8,11,16,18-20H,2-5,9-10,12-14H2,1H3. The maximum absolute atomic E-state index is 6.12. The van der Waals surface area contributed by atoms with Gasteiger partial charge in [-0.1, -0.05) is 49.9 Å². The van der Waals surface area contributed by atoms with Gasteiger partial charge >= 0.3 is 0 Å². The van der Waals surface area contributed by atoms with Crippen molar-refractivity contribution in [1.29, 1.82) is 0 Å². The zero-order valence-corrected chi connectivity index (χ0v) is 13.3. The molecule has 2 atom stereocenters. The van der Waals surface area contributed by atoms with E-state index in [2.05, 4.69) is 36.6 Å². The third-order valence-corrected chi connectivity index (χ3v) is 5.40. The zero-order chi connectivity index (χ0) is 14.5. The van der Waals surface area contributed by atoms with Gasteiger partial charge in [0, 0.05) is 6.04 Å². The van der Waals surface area contributed by atoms with Crippen molar-refractivity contribution in [2.24, 2.45) is 5.92 Å². The fourth-order valence-electron chi connectivity index (χ4n) is 4.16. The Morgan fingerprint density at radius 2 is 1.90 bits per heavy atom. The number of nitrogens with one attached hydrogen (secondary N) is 1. The van der Waals surface area contributed by atoms with E-state index in [1.807, 2.05) is 0 Å². The first-order valence-corrected chi connectivity index (χ1v) is 8.75. The minimum atomic E-state index is 0.288. The summed E-state index contributed by atoms with van der Waals surface area (Å²) in [5, 5.41) is 3.60. The van der Waals surface area contributed by atoms with E-state index in [1.54, 1.807) is 0 Å². The molecule has 2 heteroatoms. The molecule has 1 aliphatic heterocycles. The average Bonchev–Trinajstić information content (AvgIpc) is 2.82. The fraction of sp³-hybridized carbons (Fsp3) is 0.684. The highest BCUT2D eigenvalue weighted by atomic mass is 16.5. The molecular formula is C19H29NO. The van der Waals surface area contributed by atoms with Gasteiger partial charge in [-0.05, 0) is 49.8 Å². The van der Waals surface area contributed by atoms with Gasteiger partial charge in [-0.15, -0.1) is 0 Å². The van der Waals surface area contributed by atoms with Crippen LogP contribution in [0.25, 0.3) is 0 Å². The van der Waals surface area contributed by atoms with Crippen LogP contribution in [0.1, 0.15) is 62.2 Å². The number of fused-ring (bicyclic) bond motifs is 1. The molecule has 3 rings (SSSR count). The van der Waals surface area contributed by atoms with Crippen LogP contribution in [0.3, 0.4) is 0 Å². The molecule has 116 valence electrons. The molecule has 0 saturated heterocycles. The molecule has 1 N–H and O–H groups in total. The number of rotatable bonds is 4. The molecule has 2 unspecified atom stereocenters. The fourth-order valence-corrected chi connectivity index (χ4v) is 4.16. The SMILES string of the molecule is CNC(CC1OCCc2ccccc21)C1CCCCCC1.